The average Bonchev–Trinajstić information content (AvgIpc) is 2.33. The molecule has 3 N–H and O–H groups in total. The molecule has 5 heteroatoms. The molecule has 0 unspecified atom stereocenters. The Morgan fingerprint density at radius 3 is 2.94 bits per heavy atom. The average molecular weight is 251 g/mol. The van der Waals surface area contributed by atoms with Crippen LogP contribution in [-0.2, 0) is 4.74 Å². The molecular formula is C13H21N3O2. The van der Waals surface area contributed by atoms with Gasteiger partial charge in [-0.1, -0.05) is 0 Å². The fraction of sp³-hybridized carbons (Fsp3) is 0.538. The number of pyridine rings is 1. The van der Waals surface area contributed by atoms with E-state index in [2.05, 4.69) is 10.3 Å². The molecule has 0 aliphatic rings. The number of anilines is 1. The molecule has 5 nitrogen and oxygen atoms in total. The first-order chi connectivity index (χ1) is 8.59. The lowest BCUT2D eigenvalue weighted by atomic mass is 10.3. The summed E-state index contributed by atoms with van der Waals surface area (Å²) < 4.78 is 5.45. The largest absolute Gasteiger partial charge is 0.385 e. The van der Waals surface area contributed by atoms with Crippen molar-refractivity contribution >= 4 is 11.6 Å². The number of amides is 1. The fourth-order valence-corrected chi connectivity index (χ4v) is 1.45. The number of nitrogens with zero attached hydrogens (tertiary/aromatic N) is 1. The molecule has 1 heterocycles. The number of carbonyl (C=O) groups excluding carboxylic acids is 1. The lowest BCUT2D eigenvalue weighted by Gasteiger charge is -2.08. The number of rotatable bonds is 8. The van der Waals surface area contributed by atoms with Gasteiger partial charge in [0.15, 0.2) is 0 Å². The minimum atomic E-state index is -0.510. The van der Waals surface area contributed by atoms with Crippen molar-refractivity contribution in [3.05, 3.63) is 24.0 Å². The maximum atomic E-state index is 10.9. The van der Waals surface area contributed by atoms with Crippen molar-refractivity contribution < 1.29 is 9.53 Å². The van der Waals surface area contributed by atoms with Crippen LogP contribution in [-0.4, -0.2) is 30.1 Å². The summed E-state index contributed by atoms with van der Waals surface area (Å²) >= 11 is 0. The van der Waals surface area contributed by atoms with E-state index in [1.165, 1.54) is 0 Å². The van der Waals surface area contributed by atoms with Gasteiger partial charge in [-0.25, -0.2) is 0 Å². The van der Waals surface area contributed by atoms with Crippen LogP contribution in [0.1, 0.15) is 37.2 Å². The first-order valence-corrected chi connectivity index (χ1v) is 6.21. The number of hydrogen-bond donors (Lipinski definition) is 2. The summed E-state index contributed by atoms with van der Waals surface area (Å²) in [4.78, 5) is 14.8. The molecular weight excluding hydrogens is 230 g/mol. The smallest absolute Gasteiger partial charge is 0.267 e. The molecule has 1 aromatic heterocycles. The maximum absolute atomic E-state index is 10.9. The van der Waals surface area contributed by atoms with Gasteiger partial charge in [0.05, 0.1) is 6.10 Å². The second-order valence-corrected chi connectivity index (χ2v) is 4.35. The highest BCUT2D eigenvalue weighted by Gasteiger charge is 2.02. The van der Waals surface area contributed by atoms with Gasteiger partial charge in [0.25, 0.3) is 5.91 Å². The van der Waals surface area contributed by atoms with Gasteiger partial charge in [0.2, 0.25) is 0 Å². The van der Waals surface area contributed by atoms with Gasteiger partial charge in [-0.05, 0) is 38.8 Å². The Bertz CT molecular complexity index is 380. The van der Waals surface area contributed by atoms with E-state index in [-0.39, 0.29) is 11.8 Å². The Morgan fingerprint density at radius 1 is 1.50 bits per heavy atom. The molecule has 0 atom stereocenters. The summed E-state index contributed by atoms with van der Waals surface area (Å²) in [7, 11) is 0. The quantitative estimate of drug-likeness (QED) is 0.691. The summed E-state index contributed by atoms with van der Waals surface area (Å²) in [6, 6.07) is 3.48. The highest BCUT2D eigenvalue weighted by atomic mass is 16.5. The van der Waals surface area contributed by atoms with Gasteiger partial charge in [-0.3, -0.25) is 9.78 Å². The SMILES string of the molecule is CC(C)OCCCCNc1ccnc(C(N)=O)c1. The number of hydrogen-bond acceptors (Lipinski definition) is 4. The number of nitrogens with one attached hydrogen (secondary N) is 1. The molecule has 1 amide bonds. The molecule has 0 aliphatic heterocycles. The number of nitrogens with two attached hydrogens (primary N) is 1. The van der Waals surface area contributed by atoms with E-state index in [0.29, 0.717) is 0 Å². The minimum absolute atomic E-state index is 0.281. The lowest BCUT2D eigenvalue weighted by molar-refractivity contribution is 0.0765. The number of primary amides is 1. The Hall–Kier alpha value is -1.62. The van der Waals surface area contributed by atoms with Gasteiger partial charge in [-0.15, -0.1) is 0 Å². The molecule has 0 bridgehead atoms. The fourth-order valence-electron chi connectivity index (χ4n) is 1.45. The first kappa shape index (κ1) is 14.4. The van der Waals surface area contributed by atoms with Gasteiger partial charge in [0, 0.05) is 25.0 Å². The predicted molar refractivity (Wildman–Crippen MR) is 71.6 cm³/mol. The zero-order valence-corrected chi connectivity index (χ0v) is 11.0. The number of ether oxygens (including phenoxy) is 1. The predicted octanol–water partition coefficient (Wildman–Crippen LogP) is 1.80. The normalized spacial score (nSPS) is 10.6. The van der Waals surface area contributed by atoms with E-state index in [1.54, 1.807) is 12.3 Å². The van der Waals surface area contributed by atoms with Crippen molar-refractivity contribution in [3.63, 3.8) is 0 Å². The Morgan fingerprint density at radius 2 is 2.28 bits per heavy atom. The van der Waals surface area contributed by atoms with Gasteiger partial charge in [-0.2, -0.15) is 0 Å². The van der Waals surface area contributed by atoms with Gasteiger partial charge < -0.3 is 15.8 Å². The van der Waals surface area contributed by atoms with Crippen LogP contribution < -0.4 is 11.1 Å². The van der Waals surface area contributed by atoms with Gasteiger partial charge >= 0.3 is 0 Å². The molecule has 0 radical (unpaired) electrons. The standard InChI is InChI=1S/C13H21N3O2/c1-10(2)18-8-4-3-6-15-11-5-7-16-12(9-11)13(14)17/h5,7,9-10H,3-4,6,8H2,1-2H3,(H2,14,17)(H,15,16). The summed E-state index contributed by atoms with van der Waals surface area (Å²) in [6.07, 6.45) is 3.89. The second-order valence-electron chi connectivity index (χ2n) is 4.35. The highest BCUT2D eigenvalue weighted by molar-refractivity contribution is 5.91. The summed E-state index contributed by atoms with van der Waals surface area (Å²) in [5.41, 5.74) is 6.30. The summed E-state index contributed by atoms with van der Waals surface area (Å²) in [6.45, 7) is 5.67. The van der Waals surface area contributed by atoms with Crippen LogP contribution in [0, 0.1) is 0 Å². The van der Waals surface area contributed by atoms with Crippen molar-refractivity contribution in [1.82, 2.24) is 4.98 Å². The van der Waals surface area contributed by atoms with E-state index in [0.717, 1.165) is 31.7 Å². The third kappa shape index (κ3) is 5.63. The zero-order chi connectivity index (χ0) is 13.4. The van der Waals surface area contributed by atoms with Crippen molar-refractivity contribution in [2.45, 2.75) is 32.8 Å². The molecule has 0 spiro atoms. The van der Waals surface area contributed by atoms with Crippen LogP contribution >= 0.6 is 0 Å². The van der Waals surface area contributed by atoms with Crippen LogP contribution in [0.15, 0.2) is 18.3 Å². The van der Waals surface area contributed by atoms with Crippen molar-refractivity contribution in [2.24, 2.45) is 5.73 Å². The molecule has 0 saturated heterocycles. The molecule has 0 aromatic carbocycles. The Balaban J connectivity index is 2.23. The molecule has 18 heavy (non-hydrogen) atoms. The monoisotopic (exact) mass is 251 g/mol. The van der Waals surface area contributed by atoms with E-state index in [9.17, 15) is 4.79 Å². The van der Waals surface area contributed by atoms with E-state index in [4.69, 9.17) is 10.5 Å². The summed E-state index contributed by atoms with van der Waals surface area (Å²) in [5.74, 6) is -0.510. The molecule has 0 aliphatic carbocycles. The van der Waals surface area contributed by atoms with Crippen LogP contribution in [0.2, 0.25) is 0 Å². The van der Waals surface area contributed by atoms with E-state index < -0.39 is 5.91 Å². The van der Waals surface area contributed by atoms with Crippen LogP contribution in [0.5, 0.6) is 0 Å². The molecule has 1 rings (SSSR count). The molecule has 0 fully saturated rings. The van der Waals surface area contributed by atoms with E-state index in [1.807, 2.05) is 19.9 Å². The van der Waals surface area contributed by atoms with Gasteiger partial charge in [0.1, 0.15) is 5.69 Å². The second kappa shape index (κ2) is 7.66. The number of carbonyl (C=O) groups is 1. The zero-order valence-electron chi connectivity index (χ0n) is 11.0. The topological polar surface area (TPSA) is 77.2 Å². The number of unbranched alkanes of at least 4 members (excludes halogenated alkanes) is 1. The van der Waals surface area contributed by atoms with E-state index >= 15 is 0 Å². The minimum Gasteiger partial charge on any atom is -0.385 e. The van der Waals surface area contributed by atoms with Crippen LogP contribution in [0.3, 0.4) is 0 Å². The Kier molecular flexibility index (Phi) is 6.14. The third-order valence-electron chi connectivity index (χ3n) is 2.36. The molecule has 100 valence electrons. The Labute approximate surface area is 108 Å². The number of aromatic nitrogens is 1. The van der Waals surface area contributed by atoms with Crippen LogP contribution in [0.25, 0.3) is 0 Å². The first-order valence-electron chi connectivity index (χ1n) is 6.21. The highest BCUT2D eigenvalue weighted by Crippen LogP contribution is 2.07. The lowest BCUT2D eigenvalue weighted by Crippen LogP contribution is -2.13. The third-order valence-corrected chi connectivity index (χ3v) is 2.36. The molecule has 1 aromatic rings. The van der Waals surface area contributed by atoms with Crippen molar-refractivity contribution in [2.75, 3.05) is 18.5 Å². The summed E-state index contributed by atoms with van der Waals surface area (Å²) in [5, 5.41) is 3.22. The maximum Gasteiger partial charge on any atom is 0.267 e. The van der Waals surface area contributed by atoms with Crippen molar-refractivity contribution in [3.8, 4) is 0 Å². The van der Waals surface area contributed by atoms with Crippen LogP contribution in [0.4, 0.5) is 5.69 Å². The van der Waals surface area contributed by atoms with Crippen molar-refractivity contribution in [1.29, 1.82) is 0 Å². The molecule has 0 saturated carbocycles.